The molecule has 1 heterocycles. The molecule has 0 saturated heterocycles. The molecule has 0 saturated carbocycles. The number of nitrogens with zero attached hydrogens (tertiary/aromatic N) is 2. The second-order valence-electron chi connectivity index (χ2n) is 6.19. The van der Waals surface area contributed by atoms with Crippen molar-refractivity contribution < 1.29 is 13.2 Å². The predicted molar refractivity (Wildman–Crippen MR) is 104 cm³/mol. The van der Waals surface area contributed by atoms with Crippen LogP contribution >= 0.6 is 0 Å². The topological polar surface area (TPSA) is 88.5 Å². The first-order chi connectivity index (χ1) is 12.8. The Morgan fingerprint density at radius 3 is 2.48 bits per heavy atom. The molecule has 0 aliphatic rings. The van der Waals surface area contributed by atoms with Crippen molar-refractivity contribution in [2.24, 2.45) is 0 Å². The van der Waals surface area contributed by atoms with Crippen LogP contribution in [0.1, 0.15) is 0 Å². The molecule has 1 amide bonds. The van der Waals surface area contributed by atoms with Gasteiger partial charge in [-0.05, 0) is 17.5 Å². The molecule has 1 N–H and O–H groups in total. The SMILES string of the molecule is CN(C)S(=O)(=O)c1ccc(=O)n(CC(=O)Nc2cccc3ccccc23)c1. The Labute approximate surface area is 156 Å². The van der Waals surface area contributed by atoms with Gasteiger partial charge in [0.25, 0.3) is 5.56 Å². The lowest BCUT2D eigenvalue weighted by molar-refractivity contribution is -0.116. The summed E-state index contributed by atoms with van der Waals surface area (Å²) in [6.07, 6.45) is 1.18. The highest BCUT2D eigenvalue weighted by molar-refractivity contribution is 7.89. The molecule has 2 aromatic carbocycles. The van der Waals surface area contributed by atoms with Gasteiger partial charge in [-0.2, -0.15) is 0 Å². The Hall–Kier alpha value is -2.97. The highest BCUT2D eigenvalue weighted by Gasteiger charge is 2.18. The van der Waals surface area contributed by atoms with Crippen molar-refractivity contribution in [2.45, 2.75) is 11.4 Å². The van der Waals surface area contributed by atoms with Crippen molar-refractivity contribution in [3.8, 4) is 0 Å². The van der Waals surface area contributed by atoms with Crippen molar-refractivity contribution in [1.29, 1.82) is 0 Å². The van der Waals surface area contributed by atoms with E-state index in [4.69, 9.17) is 0 Å². The minimum absolute atomic E-state index is 0.0509. The maximum absolute atomic E-state index is 12.4. The molecule has 0 aliphatic heterocycles. The van der Waals surface area contributed by atoms with E-state index in [1.165, 1.54) is 26.4 Å². The van der Waals surface area contributed by atoms with Crippen LogP contribution in [0.15, 0.2) is 70.5 Å². The first-order valence-corrected chi connectivity index (χ1v) is 9.64. The number of amides is 1. The maximum atomic E-state index is 12.4. The van der Waals surface area contributed by atoms with Crippen molar-refractivity contribution in [2.75, 3.05) is 19.4 Å². The number of hydrogen-bond donors (Lipinski definition) is 1. The first kappa shape index (κ1) is 18.8. The van der Waals surface area contributed by atoms with Gasteiger partial charge in [0, 0.05) is 37.4 Å². The Morgan fingerprint density at radius 1 is 1.04 bits per heavy atom. The molecule has 0 spiro atoms. The molecular formula is C19H19N3O4S. The third-order valence-electron chi connectivity index (χ3n) is 4.11. The molecule has 8 heteroatoms. The molecule has 0 atom stereocenters. The van der Waals surface area contributed by atoms with Crippen LogP contribution in [0.2, 0.25) is 0 Å². The van der Waals surface area contributed by atoms with E-state index in [1.54, 1.807) is 6.07 Å². The summed E-state index contributed by atoms with van der Waals surface area (Å²) >= 11 is 0. The first-order valence-electron chi connectivity index (χ1n) is 8.20. The van der Waals surface area contributed by atoms with Gasteiger partial charge in [0.1, 0.15) is 6.54 Å². The molecule has 1 aromatic heterocycles. The Balaban J connectivity index is 1.87. The summed E-state index contributed by atoms with van der Waals surface area (Å²) in [7, 11) is -0.896. The number of carbonyl (C=O) groups excluding carboxylic acids is 1. The smallest absolute Gasteiger partial charge is 0.251 e. The van der Waals surface area contributed by atoms with E-state index < -0.39 is 21.5 Å². The fourth-order valence-electron chi connectivity index (χ4n) is 2.68. The number of sulfonamides is 1. The predicted octanol–water partition coefficient (Wildman–Crippen LogP) is 1.89. The van der Waals surface area contributed by atoms with E-state index in [1.807, 2.05) is 36.4 Å². The van der Waals surface area contributed by atoms with Gasteiger partial charge in [-0.25, -0.2) is 12.7 Å². The van der Waals surface area contributed by atoms with Gasteiger partial charge in [-0.3, -0.25) is 9.59 Å². The zero-order valence-electron chi connectivity index (χ0n) is 14.9. The zero-order chi connectivity index (χ0) is 19.6. The number of nitrogens with one attached hydrogen (secondary N) is 1. The van der Waals surface area contributed by atoms with Crippen LogP contribution in [-0.4, -0.2) is 37.3 Å². The Morgan fingerprint density at radius 2 is 1.74 bits per heavy atom. The number of aromatic nitrogens is 1. The molecule has 3 aromatic rings. The van der Waals surface area contributed by atoms with Crippen molar-refractivity contribution in [3.05, 3.63) is 71.1 Å². The molecule has 27 heavy (non-hydrogen) atoms. The lowest BCUT2D eigenvalue weighted by Gasteiger charge is -2.13. The molecule has 7 nitrogen and oxygen atoms in total. The van der Waals surface area contributed by atoms with Gasteiger partial charge >= 0.3 is 0 Å². The van der Waals surface area contributed by atoms with Gasteiger partial charge in [0.15, 0.2) is 0 Å². The van der Waals surface area contributed by atoms with E-state index in [2.05, 4.69) is 5.32 Å². The quantitative estimate of drug-likeness (QED) is 0.726. The Kier molecular flexibility index (Phi) is 5.11. The van der Waals surface area contributed by atoms with Crippen molar-refractivity contribution in [1.82, 2.24) is 8.87 Å². The number of rotatable bonds is 5. The van der Waals surface area contributed by atoms with Gasteiger partial charge in [-0.1, -0.05) is 36.4 Å². The molecule has 0 fully saturated rings. The lowest BCUT2D eigenvalue weighted by Crippen LogP contribution is -2.29. The van der Waals surface area contributed by atoms with E-state index in [9.17, 15) is 18.0 Å². The van der Waals surface area contributed by atoms with Crippen LogP contribution in [0.25, 0.3) is 10.8 Å². The van der Waals surface area contributed by atoms with Gasteiger partial charge in [0.05, 0.1) is 4.90 Å². The largest absolute Gasteiger partial charge is 0.324 e. The molecular weight excluding hydrogens is 366 g/mol. The van der Waals surface area contributed by atoms with E-state index in [0.717, 1.165) is 25.7 Å². The van der Waals surface area contributed by atoms with E-state index in [0.29, 0.717) is 5.69 Å². The summed E-state index contributed by atoms with van der Waals surface area (Å²) in [5.74, 6) is -0.423. The van der Waals surface area contributed by atoms with Crippen LogP contribution in [0, 0.1) is 0 Å². The summed E-state index contributed by atoms with van der Waals surface area (Å²) in [5.41, 5.74) is 0.170. The summed E-state index contributed by atoms with van der Waals surface area (Å²) in [5, 5.41) is 4.64. The van der Waals surface area contributed by atoms with Crippen LogP contribution in [0.4, 0.5) is 5.69 Å². The molecule has 0 aliphatic carbocycles. The van der Waals surface area contributed by atoms with Crippen LogP contribution in [0.5, 0.6) is 0 Å². The van der Waals surface area contributed by atoms with Gasteiger partial charge in [0.2, 0.25) is 15.9 Å². The van der Waals surface area contributed by atoms with Crippen LogP contribution < -0.4 is 10.9 Å². The summed E-state index contributed by atoms with van der Waals surface area (Å²) in [4.78, 5) is 24.4. The number of fused-ring (bicyclic) bond motifs is 1. The average molecular weight is 385 g/mol. The summed E-state index contributed by atoms with van der Waals surface area (Å²) in [6, 6.07) is 15.5. The fourth-order valence-corrected chi connectivity index (χ4v) is 3.60. The monoisotopic (exact) mass is 385 g/mol. The molecule has 0 radical (unpaired) electrons. The summed E-state index contributed by atoms with van der Waals surface area (Å²) in [6.45, 7) is -0.293. The normalized spacial score (nSPS) is 11.7. The zero-order valence-corrected chi connectivity index (χ0v) is 15.7. The van der Waals surface area contributed by atoms with Crippen LogP contribution in [0.3, 0.4) is 0 Å². The number of hydrogen-bond acceptors (Lipinski definition) is 4. The number of benzene rings is 2. The maximum Gasteiger partial charge on any atom is 0.251 e. The number of pyridine rings is 1. The average Bonchev–Trinajstić information content (AvgIpc) is 2.63. The standard InChI is InChI=1S/C19H19N3O4S/c1-21(2)27(25,26)15-10-11-19(24)22(12-15)13-18(23)20-17-9-5-7-14-6-3-4-8-16(14)17/h3-12H,13H2,1-2H3,(H,20,23). The lowest BCUT2D eigenvalue weighted by atomic mass is 10.1. The number of carbonyl (C=O) groups is 1. The third-order valence-corrected chi connectivity index (χ3v) is 5.91. The highest BCUT2D eigenvalue weighted by atomic mass is 32.2. The van der Waals surface area contributed by atoms with Crippen molar-refractivity contribution >= 4 is 32.4 Å². The molecule has 140 valence electrons. The number of anilines is 1. The van der Waals surface area contributed by atoms with Gasteiger partial charge < -0.3 is 9.88 Å². The third kappa shape index (κ3) is 3.91. The second kappa shape index (κ2) is 7.34. The Bertz CT molecular complexity index is 1160. The summed E-state index contributed by atoms with van der Waals surface area (Å²) < 4.78 is 26.6. The minimum atomic E-state index is -3.70. The fraction of sp³-hybridized carbons (Fsp3) is 0.158. The van der Waals surface area contributed by atoms with E-state index in [-0.39, 0.29) is 11.4 Å². The molecule has 3 rings (SSSR count). The van der Waals surface area contributed by atoms with Gasteiger partial charge in [-0.15, -0.1) is 0 Å². The molecule has 0 bridgehead atoms. The van der Waals surface area contributed by atoms with Crippen LogP contribution in [-0.2, 0) is 21.4 Å². The van der Waals surface area contributed by atoms with Crippen molar-refractivity contribution in [3.63, 3.8) is 0 Å². The second-order valence-corrected chi connectivity index (χ2v) is 8.35. The molecule has 0 unspecified atom stereocenters. The highest BCUT2D eigenvalue weighted by Crippen LogP contribution is 2.22. The van der Waals surface area contributed by atoms with E-state index >= 15 is 0 Å². The minimum Gasteiger partial charge on any atom is -0.324 e.